The highest BCUT2D eigenvalue weighted by Crippen LogP contribution is 2.26. The second kappa shape index (κ2) is 6.29. The number of benzene rings is 3. The van der Waals surface area contributed by atoms with E-state index in [1.807, 2.05) is 73.9 Å². The van der Waals surface area contributed by atoms with E-state index in [9.17, 15) is 4.79 Å². The highest BCUT2D eigenvalue weighted by molar-refractivity contribution is 6.12. The number of nitrogens with zero attached hydrogens (tertiary/aromatic N) is 1. The van der Waals surface area contributed by atoms with E-state index in [4.69, 9.17) is 0 Å². The Bertz CT molecular complexity index is 1050. The number of nitrogens with one attached hydrogen (secondary N) is 1. The van der Waals surface area contributed by atoms with Crippen LogP contribution in [0.3, 0.4) is 0 Å². The van der Waals surface area contributed by atoms with Crippen LogP contribution in [0.2, 0.25) is 0 Å². The van der Waals surface area contributed by atoms with Gasteiger partial charge in [-0.1, -0.05) is 42.5 Å². The largest absolute Gasteiger partial charge is 0.355 e. The maximum absolute atomic E-state index is 12.8. The van der Waals surface area contributed by atoms with Crippen molar-refractivity contribution < 1.29 is 4.79 Å². The van der Waals surface area contributed by atoms with Gasteiger partial charge in [0.1, 0.15) is 0 Å². The summed E-state index contributed by atoms with van der Waals surface area (Å²) in [6.07, 6.45) is 2.04. The summed E-state index contributed by atoms with van der Waals surface area (Å²) in [7, 11) is 2.03. The van der Waals surface area contributed by atoms with Crippen LogP contribution >= 0.6 is 0 Å². The third-order valence-corrected chi connectivity index (χ3v) is 4.37. The minimum absolute atomic E-state index is 0.0180. The van der Waals surface area contributed by atoms with E-state index in [1.54, 1.807) is 0 Å². The van der Waals surface area contributed by atoms with Crippen LogP contribution in [0, 0.1) is 0 Å². The van der Waals surface area contributed by atoms with Crippen LogP contribution in [0.5, 0.6) is 0 Å². The van der Waals surface area contributed by atoms with Crippen LogP contribution in [0.15, 0.2) is 85.1 Å². The first-order valence-electron chi connectivity index (χ1n) is 8.23. The summed E-state index contributed by atoms with van der Waals surface area (Å²) in [6, 6.07) is 25.3. The molecule has 0 saturated heterocycles. The molecule has 4 aromatic rings. The zero-order valence-electron chi connectivity index (χ0n) is 13.9. The van der Waals surface area contributed by atoms with Gasteiger partial charge >= 0.3 is 0 Å². The van der Waals surface area contributed by atoms with E-state index in [0.29, 0.717) is 11.1 Å². The van der Waals surface area contributed by atoms with Crippen molar-refractivity contribution >= 4 is 28.1 Å². The fraction of sp³-hybridized carbons (Fsp3) is 0.0455. The Morgan fingerprint density at radius 3 is 2.48 bits per heavy atom. The van der Waals surface area contributed by atoms with E-state index in [-0.39, 0.29) is 5.78 Å². The molecule has 3 heteroatoms. The summed E-state index contributed by atoms with van der Waals surface area (Å²) in [5.41, 5.74) is 4.31. The third-order valence-electron chi connectivity index (χ3n) is 4.37. The molecule has 0 aliphatic rings. The summed E-state index contributed by atoms with van der Waals surface area (Å²) in [5, 5.41) is 4.56. The first-order valence-corrected chi connectivity index (χ1v) is 8.23. The average Bonchev–Trinajstić information content (AvgIpc) is 3.03. The number of aryl methyl sites for hydroxylation is 1. The first kappa shape index (κ1) is 15.2. The predicted molar refractivity (Wildman–Crippen MR) is 103 cm³/mol. The number of hydrogen-bond donors (Lipinski definition) is 1. The Kier molecular flexibility index (Phi) is 3.82. The first-order chi connectivity index (χ1) is 12.2. The molecule has 0 bridgehead atoms. The van der Waals surface area contributed by atoms with Crippen LogP contribution in [0.4, 0.5) is 11.4 Å². The molecule has 0 unspecified atom stereocenters. The lowest BCUT2D eigenvalue weighted by atomic mass is 10.0. The minimum atomic E-state index is 0.0180. The highest BCUT2D eigenvalue weighted by Gasteiger charge is 2.13. The van der Waals surface area contributed by atoms with Crippen molar-refractivity contribution in [2.24, 2.45) is 7.05 Å². The van der Waals surface area contributed by atoms with Crippen molar-refractivity contribution in [1.82, 2.24) is 4.57 Å². The molecule has 0 saturated carbocycles. The predicted octanol–water partition coefficient (Wildman–Crippen LogP) is 5.15. The molecular formula is C22H18N2O. The number of fused-ring (bicyclic) bond motifs is 1. The number of para-hydroxylation sites is 1. The number of ketones is 1. The Morgan fingerprint density at radius 1 is 0.880 bits per heavy atom. The number of hydrogen-bond acceptors (Lipinski definition) is 2. The van der Waals surface area contributed by atoms with Gasteiger partial charge in [-0.15, -0.1) is 0 Å². The van der Waals surface area contributed by atoms with Gasteiger partial charge in [0.05, 0.1) is 0 Å². The van der Waals surface area contributed by atoms with Crippen molar-refractivity contribution in [3.8, 4) is 0 Å². The normalized spacial score (nSPS) is 10.8. The summed E-state index contributed by atoms with van der Waals surface area (Å²) >= 11 is 0. The number of aromatic nitrogens is 1. The molecule has 1 aromatic heterocycles. The molecule has 0 atom stereocenters. The molecule has 0 aliphatic carbocycles. The Hall–Kier alpha value is -3.33. The molecule has 3 nitrogen and oxygen atoms in total. The lowest BCUT2D eigenvalue weighted by molar-refractivity contribution is 0.103. The molecule has 1 N–H and O–H groups in total. The lowest BCUT2D eigenvalue weighted by Gasteiger charge is -2.12. The minimum Gasteiger partial charge on any atom is -0.355 e. The quantitative estimate of drug-likeness (QED) is 0.526. The zero-order valence-corrected chi connectivity index (χ0v) is 13.9. The number of carbonyl (C=O) groups is 1. The topological polar surface area (TPSA) is 34.0 Å². The van der Waals surface area contributed by atoms with Crippen LogP contribution in [-0.4, -0.2) is 10.4 Å². The average molecular weight is 326 g/mol. The van der Waals surface area contributed by atoms with E-state index in [2.05, 4.69) is 28.1 Å². The summed E-state index contributed by atoms with van der Waals surface area (Å²) in [5.74, 6) is 0.0180. The van der Waals surface area contributed by atoms with Gasteiger partial charge in [-0.3, -0.25) is 4.79 Å². The van der Waals surface area contributed by atoms with Crippen LogP contribution in [-0.2, 0) is 7.05 Å². The maximum Gasteiger partial charge on any atom is 0.195 e. The SMILES string of the molecule is Cn1ccc2cc(Nc3ccccc3C(=O)c3ccccc3)ccc21. The molecular weight excluding hydrogens is 308 g/mol. The van der Waals surface area contributed by atoms with Crippen molar-refractivity contribution in [3.05, 3.63) is 96.2 Å². The van der Waals surface area contributed by atoms with Gasteiger partial charge in [0.25, 0.3) is 0 Å². The van der Waals surface area contributed by atoms with E-state index >= 15 is 0 Å². The lowest BCUT2D eigenvalue weighted by Crippen LogP contribution is -2.05. The fourth-order valence-corrected chi connectivity index (χ4v) is 3.05. The number of anilines is 2. The maximum atomic E-state index is 12.8. The number of rotatable bonds is 4. The highest BCUT2D eigenvalue weighted by atomic mass is 16.1. The molecule has 0 spiro atoms. The summed E-state index contributed by atoms with van der Waals surface area (Å²) in [4.78, 5) is 12.8. The summed E-state index contributed by atoms with van der Waals surface area (Å²) < 4.78 is 2.09. The second-order valence-electron chi connectivity index (χ2n) is 6.07. The van der Waals surface area contributed by atoms with Crippen molar-refractivity contribution in [2.45, 2.75) is 0 Å². The van der Waals surface area contributed by atoms with Gasteiger partial charge in [0, 0.05) is 46.6 Å². The molecule has 25 heavy (non-hydrogen) atoms. The molecule has 4 rings (SSSR count). The molecule has 0 radical (unpaired) electrons. The Balaban J connectivity index is 1.69. The van der Waals surface area contributed by atoms with Gasteiger partial charge in [-0.05, 0) is 36.4 Å². The van der Waals surface area contributed by atoms with Gasteiger partial charge < -0.3 is 9.88 Å². The van der Waals surface area contributed by atoms with E-state index in [1.165, 1.54) is 10.9 Å². The van der Waals surface area contributed by atoms with Gasteiger partial charge in [0.2, 0.25) is 0 Å². The summed E-state index contributed by atoms with van der Waals surface area (Å²) in [6.45, 7) is 0. The number of carbonyl (C=O) groups excluding carboxylic acids is 1. The molecule has 122 valence electrons. The van der Waals surface area contributed by atoms with Crippen molar-refractivity contribution in [1.29, 1.82) is 0 Å². The smallest absolute Gasteiger partial charge is 0.195 e. The standard InChI is InChI=1S/C22H18N2O/c1-24-14-13-17-15-18(11-12-21(17)24)23-20-10-6-5-9-19(20)22(25)16-7-3-2-4-8-16/h2-15,23H,1H3. The third kappa shape index (κ3) is 2.92. The monoisotopic (exact) mass is 326 g/mol. The molecule has 0 aliphatic heterocycles. The van der Waals surface area contributed by atoms with Crippen LogP contribution < -0.4 is 5.32 Å². The second-order valence-corrected chi connectivity index (χ2v) is 6.07. The molecule has 1 heterocycles. The van der Waals surface area contributed by atoms with Crippen molar-refractivity contribution in [2.75, 3.05) is 5.32 Å². The molecule has 0 amide bonds. The van der Waals surface area contributed by atoms with Crippen molar-refractivity contribution in [3.63, 3.8) is 0 Å². The van der Waals surface area contributed by atoms with E-state index < -0.39 is 0 Å². The van der Waals surface area contributed by atoms with Crippen LogP contribution in [0.25, 0.3) is 10.9 Å². The zero-order chi connectivity index (χ0) is 17.2. The van der Waals surface area contributed by atoms with Gasteiger partial charge in [0.15, 0.2) is 5.78 Å². The Labute approximate surface area is 146 Å². The Morgan fingerprint density at radius 2 is 1.64 bits per heavy atom. The van der Waals surface area contributed by atoms with E-state index in [0.717, 1.165) is 11.4 Å². The molecule has 3 aromatic carbocycles. The molecule has 0 fully saturated rings. The van der Waals surface area contributed by atoms with Crippen LogP contribution in [0.1, 0.15) is 15.9 Å². The fourth-order valence-electron chi connectivity index (χ4n) is 3.05. The van der Waals surface area contributed by atoms with Gasteiger partial charge in [-0.2, -0.15) is 0 Å². The van der Waals surface area contributed by atoms with Gasteiger partial charge in [-0.25, -0.2) is 0 Å².